The summed E-state index contributed by atoms with van der Waals surface area (Å²) in [5, 5.41) is 9.93. The highest BCUT2D eigenvalue weighted by Gasteiger charge is 2.23. The molecule has 0 bridgehead atoms. The Morgan fingerprint density at radius 3 is 2.69 bits per heavy atom. The molecule has 0 radical (unpaired) electrons. The SMILES string of the molecule is Cn1ccnc1C(NC(=O)c1cc(-c2ccc(Br)cc2)n[nH]1)c1cccc(F)c1. The fourth-order valence-electron chi connectivity index (χ4n) is 3.05. The second-order valence-electron chi connectivity index (χ2n) is 6.53. The van der Waals surface area contributed by atoms with Crippen molar-refractivity contribution in [1.82, 2.24) is 25.1 Å². The Hall–Kier alpha value is -3.26. The van der Waals surface area contributed by atoms with E-state index in [0.717, 1.165) is 10.0 Å². The van der Waals surface area contributed by atoms with Crippen LogP contribution in [0.2, 0.25) is 0 Å². The molecule has 1 unspecified atom stereocenters. The number of imidazole rings is 1. The van der Waals surface area contributed by atoms with Crippen LogP contribution in [-0.2, 0) is 7.05 Å². The minimum atomic E-state index is -0.613. The summed E-state index contributed by atoms with van der Waals surface area (Å²) in [5.74, 6) is -0.148. The lowest BCUT2D eigenvalue weighted by Crippen LogP contribution is -2.31. The van der Waals surface area contributed by atoms with Crippen molar-refractivity contribution in [2.45, 2.75) is 6.04 Å². The molecule has 8 heteroatoms. The third-order valence-electron chi connectivity index (χ3n) is 4.54. The van der Waals surface area contributed by atoms with Gasteiger partial charge < -0.3 is 9.88 Å². The van der Waals surface area contributed by atoms with E-state index in [-0.39, 0.29) is 11.7 Å². The molecule has 0 spiro atoms. The van der Waals surface area contributed by atoms with Crippen molar-refractivity contribution in [2.75, 3.05) is 0 Å². The summed E-state index contributed by atoms with van der Waals surface area (Å²) >= 11 is 3.40. The molecule has 0 saturated heterocycles. The van der Waals surface area contributed by atoms with Crippen LogP contribution < -0.4 is 5.32 Å². The number of amides is 1. The molecule has 0 aliphatic rings. The van der Waals surface area contributed by atoms with Crippen molar-refractivity contribution in [3.8, 4) is 11.3 Å². The van der Waals surface area contributed by atoms with Gasteiger partial charge in [0.05, 0.1) is 5.69 Å². The number of aryl methyl sites for hydroxylation is 1. The van der Waals surface area contributed by atoms with Gasteiger partial charge in [0.15, 0.2) is 0 Å². The lowest BCUT2D eigenvalue weighted by atomic mass is 10.1. The van der Waals surface area contributed by atoms with Crippen LogP contribution in [0.4, 0.5) is 4.39 Å². The number of benzene rings is 2. The average molecular weight is 454 g/mol. The van der Waals surface area contributed by atoms with Crippen molar-refractivity contribution in [3.63, 3.8) is 0 Å². The van der Waals surface area contributed by atoms with Gasteiger partial charge in [0, 0.05) is 29.5 Å². The van der Waals surface area contributed by atoms with E-state index in [1.54, 1.807) is 35.2 Å². The zero-order valence-electron chi connectivity index (χ0n) is 15.4. The van der Waals surface area contributed by atoms with E-state index in [0.29, 0.717) is 22.8 Å². The molecule has 2 aromatic heterocycles. The van der Waals surface area contributed by atoms with E-state index in [1.165, 1.54) is 12.1 Å². The third-order valence-corrected chi connectivity index (χ3v) is 5.07. The standard InChI is InChI=1S/C21H17BrFN5O/c1-28-10-9-24-20(28)19(14-3-2-4-16(23)11-14)25-21(29)18-12-17(26-27-18)13-5-7-15(22)8-6-13/h2-12,19H,1H3,(H,25,29)(H,26,27). The molecule has 146 valence electrons. The van der Waals surface area contributed by atoms with Gasteiger partial charge in [-0.1, -0.05) is 40.2 Å². The Labute approximate surface area is 174 Å². The normalized spacial score (nSPS) is 12.0. The summed E-state index contributed by atoms with van der Waals surface area (Å²) in [6.07, 6.45) is 3.41. The van der Waals surface area contributed by atoms with Crippen molar-refractivity contribution in [2.24, 2.45) is 7.05 Å². The van der Waals surface area contributed by atoms with Gasteiger partial charge >= 0.3 is 0 Å². The van der Waals surface area contributed by atoms with Crippen LogP contribution in [0.25, 0.3) is 11.3 Å². The molecule has 0 aliphatic heterocycles. The van der Waals surface area contributed by atoms with Crippen LogP contribution in [0, 0.1) is 5.82 Å². The summed E-state index contributed by atoms with van der Waals surface area (Å²) in [5.41, 5.74) is 2.44. The Kier molecular flexibility index (Phi) is 5.26. The monoisotopic (exact) mass is 453 g/mol. The van der Waals surface area contributed by atoms with Gasteiger partial charge in [-0.05, 0) is 35.9 Å². The molecule has 0 saturated carbocycles. The van der Waals surface area contributed by atoms with Crippen LogP contribution in [0.5, 0.6) is 0 Å². The molecule has 2 aromatic carbocycles. The number of carbonyl (C=O) groups excluding carboxylic acids is 1. The topological polar surface area (TPSA) is 75.6 Å². The molecule has 29 heavy (non-hydrogen) atoms. The summed E-state index contributed by atoms with van der Waals surface area (Å²) in [6, 6.07) is 14.8. The van der Waals surface area contributed by atoms with Gasteiger partial charge in [-0.15, -0.1) is 0 Å². The smallest absolute Gasteiger partial charge is 0.270 e. The molecule has 1 amide bonds. The Bertz CT molecular complexity index is 1150. The molecule has 0 aliphatic carbocycles. The highest BCUT2D eigenvalue weighted by Crippen LogP contribution is 2.23. The Balaban J connectivity index is 1.62. The van der Waals surface area contributed by atoms with Crippen molar-refractivity contribution >= 4 is 21.8 Å². The molecular weight excluding hydrogens is 437 g/mol. The maximum Gasteiger partial charge on any atom is 0.270 e. The third kappa shape index (κ3) is 4.12. The van der Waals surface area contributed by atoms with Crippen molar-refractivity contribution in [3.05, 3.63) is 94.4 Å². The largest absolute Gasteiger partial charge is 0.337 e. The molecule has 6 nitrogen and oxygen atoms in total. The summed E-state index contributed by atoms with van der Waals surface area (Å²) in [6.45, 7) is 0. The molecule has 4 aromatic rings. The molecular formula is C21H17BrFN5O. The van der Waals surface area contributed by atoms with Crippen molar-refractivity contribution < 1.29 is 9.18 Å². The molecule has 1 atom stereocenters. The van der Waals surface area contributed by atoms with Gasteiger partial charge in [0.2, 0.25) is 0 Å². The van der Waals surface area contributed by atoms with Crippen LogP contribution in [0.1, 0.15) is 27.9 Å². The number of rotatable bonds is 5. The highest BCUT2D eigenvalue weighted by atomic mass is 79.9. The lowest BCUT2D eigenvalue weighted by Gasteiger charge is -2.18. The number of nitrogens with zero attached hydrogens (tertiary/aromatic N) is 3. The number of H-pyrrole nitrogens is 1. The minimum Gasteiger partial charge on any atom is -0.337 e. The minimum absolute atomic E-state index is 0.304. The molecule has 4 rings (SSSR count). The Morgan fingerprint density at radius 2 is 2.00 bits per heavy atom. The predicted octanol–water partition coefficient (Wildman–Crippen LogP) is 4.23. The molecule has 0 fully saturated rings. The number of nitrogens with one attached hydrogen (secondary N) is 2. The van der Waals surface area contributed by atoms with E-state index < -0.39 is 6.04 Å². The van der Waals surface area contributed by atoms with Gasteiger partial charge in [-0.2, -0.15) is 5.10 Å². The van der Waals surface area contributed by atoms with E-state index in [1.807, 2.05) is 31.3 Å². The van der Waals surface area contributed by atoms with E-state index in [9.17, 15) is 9.18 Å². The average Bonchev–Trinajstić information content (AvgIpc) is 3.36. The van der Waals surface area contributed by atoms with Crippen LogP contribution in [0.3, 0.4) is 0 Å². The number of aromatic nitrogens is 4. The second kappa shape index (κ2) is 8.00. The number of aromatic amines is 1. The van der Waals surface area contributed by atoms with Gasteiger partial charge in [-0.3, -0.25) is 9.89 Å². The van der Waals surface area contributed by atoms with Crippen LogP contribution in [-0.4, -0.2) is 25.7 Å². The van der Waals surface area contributed by atoms with E-state index in [2.05, 4.69) is 36.4 Å². The quantitative estimate of drug-likeness (QED) is 0.474. The first-order valence-corrected chi connectivity index (χ1v) is 9.65. The van der Waals surface area contributed by atoms with E-state index >= 15 is 0 Å². The summed E-state index contributed by atoms with van der Waals surface area (Å²) < 4.78 is 16.5. The predicted molar refractivity (Wildman–Crippen MR) is 111 cm³/mol. The number of halogens is 2. The number of hydrogen-bond acceptors (Lipinski definition) is 3. The second-order valence-corrected chi connectivity index (χ2v) is 7.45. The lowest BCUT2D eigenvalue weighted by molar-refractivity contribution is 0.0936. The highest BCUT2D eigenvalue weighted by molar-refractivity contribution is 9.10. The maximum atomic E-state index is 13.8. The molecule has 2 heterocycles. The van der Waals surface area contributed by atoms with Crippen molar-refractivity contribution in [1.29, 1.82) is 0 Å². The van der Waals surface area contributed by atoms with E-state index in [4.69, 9.17) is 0 Å². The Morgan fingerprint density at radius 1 is 1.21 bits per heavy atom. The zero-order chi connectivity index (χ0) is 20.4. The van der Waals surface area contributed by atoms with Gasteiger partial charge in [-0.25, -0.2) is 9.37 Å². The first-order valence-electron chi connectivity index (χ1n) is 8.86. The zero-order valence-corrected chi connectivity index (χ0v) is 17.0. The first-order chi connectivity index (χ1) is 14.0. The fraction of sp³-hybridized carbons (Fsp3) is 0.0952. The van der Waals surface area contributed by atoms with Crippen LogP contribution >= 0.6 is 15.9 Å². The number of carbonyl (C=O) groups is 1. The van der Waals surface area contributed by atoms with Gasteiger partial charge in [0.25, 0.3) is 5.91 Å². The number of hydrogen-bond donors (Lipinski definition) is 2. The maximum absolute atomic E-state index is 13.8. The summed E-state index contributed by atoms with van der Waals surface area (Å²) in [7, 11) is 1.82. The fourth-order valence-corrected chi connectivity index (χ4v) is 3.32. The summed E-state index contributed by atoms with van der Waals surface area (Å²) in [4.78, 5) is 17.2. The first kappa shape index (κ1) is 19.1. The molecule has 2 N–H and O–H groups in total. The van der Waals surface area contributed by atoms with Gasteiger partial charge in [0.1, 0.15) is 23.4 Å². The van der Waals surface area contributed by atoms with Crippen LogP contribution in [0.15, 0.2) is 71.5 Å².